The van der Waals surface area contributed by atoms with E-state index in [0.717, 1.165) is 11.1 Å². The molecule has 1 heterocycles. The number of alkyl halides is 2. The standard InChI is InChI=1S/C26H24F2N2O3S/c27-26(28)33-25-4-2-1-3-22(25)18-30-15-13-24(14-16-30)34(31,32)23-11-9-21(10-12-23)20-7-5-19(17-29)6-8-20/h1-12,24,26H,13-16,18H2. The third-order valence-corrected chi connectivity index (χ3v) is 8.36. The maximum absolute atomic E-state index is 13.2. The van der Waals surface area contributed by atoms with Crippen LogP contribution in [0, 0.1) is 11.3 Å². The zero-order valence-electron chi connectivity index (χ0n) is 18.4. The fourth-order valence-corrected chi connectivity index (χ4v) is 5.96. The Morgan fingerprint density at radius 2 is 1.53 bits per heavy atom. The van der Waals surface area contributed by atoms with E-state index in [0.29, 0.717) is 48.5 Å². The Bertz CT molecular complexity index is 1260. The van der Waals surface area contributed by atoms with E-state index in [-0.39, 0.29) is 5.75 Å². The van der Waals surface area contributed by atoms with E-state index in [1.807, 2.05) is 12.1 Å². The van der Waals surface area contributed by atoms with Crippen LogP contribution in [-0.2, 0) is 16.4 Å². The summed E-state index contributed by atoms with van der Waals surface area (Å²) in [4.78, 5) is 2.35. The number of piperidine rings is 1. The van der Waals surface area contributed by atoms with Crippen molar-refractivity contribution >= 4 is 9.84 Å². The van der Waals surface area contributed by atoms with Crippen LogP contribution in [0.1, 0.15) is 24.0 Å². The predicted octanol–water partition coefficient (Wildman–Crippen LogP) is 5.26. The molecule has 0 N–H and O–H groups in total. The zero-order valence-corrected chi connectivity index (χ0v) is 19.2. The molecular formula is C26H24F2N2O3S. The highest BCUT2D eigenvalue weighted by Crippen LogP contribution is 2.29. The van der Waals surface area contributed by atoms with Gasteiger partial charge in [-0.3, -0.25) is 4.90 Å². The van der Waals surface area contributed by atoms with Crippen LogP contribution in [0.3, 0.4) is 0 Å². The van der Waals surface area contributed by atoms with Crippen LogP contribution >= 0.6 is 0 Å². The Labute approximate surface area is 198 Å². The molecule has 0 radical (unpaired) electrons. The van der Waals surface area contributed by atoms with Gasteiger partial charge < -0.3 is 4.74 Å². The average molecular weight is 483 g/mol. The molecule has 0 amide bonds. The van der Waals surface area contributed by atoms with Crippen LogP contribution in [0.4, 0.5) is 8.78 Å². The van der Waals surface area contributed by atoms with Crippen molar-refractivity contribution in [1.29, 1.82) is 5.26 Å². The second-order valence-corrected chi connectivity index (χ2v) is 10.4. The van der Waals surface area contributed by atoms with Crippen molar-refractivity contribution in [2.45, 2.75) is 36.1 Å². The number of sulfone groups is 1. The van der Waals surface area contributed by atoms with E-state index in [1.165, 1.54) is 6.07 Å². The molecule has 1 fully saturated rings. The fourth-order valence-electron chi connectivity index (χ4n) is 4.23. The number of nitrogens with zero attached hydrogens (tertiary/aromatic N) is 2. The minimum atomic E-state index is -3.49. The number of rotatable bonds is 7. The summed E-state index contributed by atoms with van der Waals surface area (Å²) in [6.07, 6.45) is 0.940. The molecule has 4 rings (SSSR count). The van der Waals surface area contributed by atoms with Crippen molar-refractivity contribution in [2.75, 3.05) is 13.1 Å². The number of para-hydroxylation sites is 1. The van der Waals surface area contributed by atoms with Gasteiger partial charge in [-0.1, -0.05) is 42.5 Å². The van der Waals surface area contributed by atoms with Gasteiger partial charge in [0.2, 0.25) is 0 Å². The Hall–Kier alpha value is -3.28. The van der Waals surface area contributed by atoms with Gasteiger partial charge >= 0.3 is 6.61 Å². The minimum absolute atomic E-state index is 0.148. The molecule has 0 saturated carbocycles. The number of benzene rings is 3. The van der Waals surface area contributed by atoms with Gasteiger partial charge in [0, 0.05) is 12.1 Å². The first-order valence-corrected chi connectivity index (χ1v) is 12.5. The fraction of sp³-hybridized carbons (Fsp3) is 0.269. The molecule has 0 bridgehead atoms. The summed E-state index contributed by atoms with van der Waals surface area (Å²) >= 11 is 0. The van der Waals surface area contributed by atoms with Crippen LogP contribution in [0.2, 0.25) is 0 Å². The molecule has 176 valence electrons. The van der Waals surface area contributed by atoms with Gasteiger partial charge in [0.15, 0.2) is 9.84 Å². The van der Waals surface area contributed by atoms with E-state index in [2.05, 4.69) is 15.7 Å². The number of ether oxygens (including phenoxy) is 1. The van der Waals surface area contributed by atoms with E-state index in [9.17, 15) is 17.2 Å². The molecule has 3 aromatic rings. The second-order valence-electron chi connectivity index (χ2n) is 8.22. The van der Waals surface area contributed by atoms with Gasteiger partial charge in [-0.05, 0) is 67.4 Å². The molecule has 0 spiro atoms. The van der Waals surface area contributed by atoms with E-state index >= 15 is 0 Å². The summed E-state index contributed by atoms with van der Waals surface area (Å²) in [6, 6.07) is 22.7. The number of hydrogen-bond acceptors (Lipinski definition) is 5. The normalized spacial score (nSPS) is 15.2. The number of likely N-dealkylation sites (tertiary alicyclic amines) is 1. The summed E-state index contributed by atoms with van der Waals surface area (Å²) in [5.41, 5.74) is 3.01. The summed E-state index contributed by atoms with van der Waals surface area (Å²) in [7, 11) is -3.49. The molecule has 34 heavy (non-hydrogen) atoms. The maximum atomic E-state index is 13.2. The quantitative estimate of drug-likeness (QED) is 0.459. The lowest BCUT2D eigenvalue weighted by atomic mass is 10.0. The maximum Gasteiger partial charge on any atom is 0.387 e. The monoisotopic (exact) mass is 482 g/mol. The lowest BCUT2D eigenvalue weighted by molar-refractivity contribution is -0.0508. The van der Waals surface area contributed by atoms with Crippen LogP contribution in [0.25, 0.3) is 11.1 Å². The molecule has 1 saturated heterocycles. The SMILES string of the molecule is N#Cc1ccc(-c2ccc(S(=O)(=O)C3CCN(Cc4ccccc4OC(F)F)CC3)cc2)cc1. The second kappa shape index (κ2) is 10.3. The number of hydrogen-bond donors (Lipinski definition) is 0. The van der Waals surface area contributed by atoms with Gasteiger partial charge in [0.1, 0.15) is 5.75 Å². The van der Waals surface area contributed by atoms with Gasteiger partial charge in [-0.25, -0.2) is 8.42 Å². The van der Waals surface area contributed by atoms with Crippen LogP contribution < -0.4 is 4.74 Å². The highest BCUT2D eigenvalue weighted by molar-refractivity contribution is 7.92. The van der Waals surface area contributed by atoms with Crippen LogP contribution in [-0.4, -0.2) is 38.3 Å². The van der Waals surface area contributed by atoms with Gasteiger partial charge in [0.05, 0.1) is 21.8 Å². The summed E-state index contributed by atoms with van der Waals surface area (Å²) in [5.74, 6) is 0.148. The van der Waals surface area contributed by atoms with Crippen LogP contribution in [0.5, 0.6) is 5.75 Å². The van der Waals surface area contributed by atoms with E-state index < -0.39 is 21.7 Å². The molecular weight excluding hydrogens is 458 g/mol. The van der Waals surface area contributed by atoms with Crippen molar-refractivity contribution < 1.29 is 21.9 Å². The van der Waals surface area contributed by atoms with Gasteiger partial charge in [-0.2, -0.15) is 14.0 Å². The van der Waals surface area contributed by atoms with Crippen LogP contribution in [0.15, 0.2) is 77.7 Å². The highest BCUT2D eigenvalue weighted by Gasteiger charge is 2.31. The molecule has 8 heteroatoms. The Kier molecular flexibility index (Phi) is 7.25. The molecule has 3 aromatic carbocycles. The van der Waals surface area contributed by atoms with E-state index in [1.54, 1.807) is 54.6 Å². The van der Waals surface area contributed by atoms with Crippen molar-refractivity contribution in [3.63, 3.8) is 0 Å². The molecule has 1 aliphatic rings. The molecule has 5 nitrogen and oxygen atoms in total. The number of nitriles is 1. The summed E-state index contributed by atoms with van der Waals surface area (Å²) < 4.78 is 56.3. The first-order valence-electron chi connectivity index (χ1n) is 11.0. The molecule has 0 aliphatic carbocycles. The predicted molar refractivity (Wildman–Crippen MR) is 125 cm³/mol. The Balaban J connectivity index is 1.40. The molecule has 0 atom stereocenters. The van der Waals surface area contributed by atoms with Gasteiger partial charge in [-0.15, -0.1) is 0 Å². The molecule has 1 aliphatic heterocycles. The number of halogens is 2. The van der Waals surface area contributed by atoms with Crippen molar-refractivity contribution in [2.24, 2.45) is 0 Å². The largest absolute Gasteiger partial charge is 0.434 e. The zero-order chi connectivity index (χ0) is 24.1. The average Bonchev–Trinajstić information content (AvgIpc) is 2.85. The van der Waals surface area contributed by atoms with Crippen molar-refractivity contribution in [3.05, 3.63) is 83.9 Å². The minimum Gasteiger partial charge on any atom is -0.434 e. The third kappa shape index (κ3) is 5.44. The lowest BCUT2D eigenvalue weighted by Gasteiger charge is -2.32. The molecule has 0 unspecified atom stereocenters. The summed E-state index contributed by atoms with van der Waals surface area (Å²) in [6.45, 7) is -1.36. The Morgan fingerprint density at radius 3 is 2.12 bits per heavy atom. The van der Waals surface area contributed by atoms with Crippen molar-refractivity contribution in [1.82, 2.24) is 4.90 Å². The topological polar surface area (TPSA) is 70.4 Å². The Morgan fingerprint density at radius 1 is 0.941 bits per heavy atom. The summed E-state index contributed by atoms with van der Waals surface area (Å²) in [5, 5.41) is 8.44. The highest BCUT2D eigenvalue weighted by atomic mass is 32.2. The molecule has 0 aromatic heterocycles. The smallest absolute Gasteiger partial charge is 0.387 e. The van der Waals surface area contributed by atoms with Crippen molar-refractivity contribution in [3.8, 4) is 22.9 Å². The van der Waals surface area contributed by atoms with E-state index in [4.69, 9.17) is 5.26 Å². The lowest BCUT2D eigenvalue weighted by Crippen LogP contribution is -2.39. The third-order valence-electron chi connectivity index (χ3n) is 6.09. The van der Waals surface area contributed by atoms with Gasteiger partial charge in [0.25, 0.3) is 0 Å². The first kappa shape index (κ1) is 23.9. The first-order chi connectivity index (χ1) is 16.4.